The largest absolute Gasteiger partial charge is 0.461 e. The molecule has 1 aliphatic heterocycles. The fourth-order valence-corrected chi connectivity index (χ4v) is 1.56. The summed E-state index contributed by atoms with van der Waals surface area (Å²) in [6.07, 6.45) is 5.07. The first kappa shape index (κ1) is 8.96. The Morgan fingerprint density at radius 1 is 1.64 bits per heavy atom. The average molecular weight is 195 g/mol. The molecule has 1 fully saturated rings. The zero-order chi connectivity index (χ0) is 10.2. The lowest BCUT2D eigenvalue weighted by Crippen LogP contribution is -2.40. The molecule has 2 aliphatic rings. The summed E-state index contributed by atoms with van der Waals surface area (Å²) in [4.78, 5) is 10.5. The smallest absolute Gasteiger partial charge is 0.389 e. The van der Waals surface area contributed by atoms with Crippen molar-refractivity contribution >= 4 is 0 Å². The lowest BCUT2D eigenvalue weighted by atomic mass is 9.96. The van der Waals surface area contributed by atoms with Gasteiger partial charge in [0, 0.05) is 0 Å². The van der Waals surface area contributed by atoms with Crippen molar-refractivity contribution in [1.82, 2.24) is 0 Å². The summed E-state index contributed by atoms with van der Waals surface area (Å²) in [5.41, 5.74) is -0.742. The summed E-state index contributed by atoms with van der Waals surface area (Å²) >= 11 is 0. The quantitative estimate of drug-likeness (QED) is 0.493. The third-order valence-corrected chi connectivity index (χ3v) is 2.35. The van der Waals surface area contributed by atoms with Gasteiger partial charge < -0.3 is 4.74 Å². The number of allylic oxidation sites excluding steroid dienone is 3. The van der Waals surface area contributed by atoms with Crippen molar-refractivity contribution in [3.63, 3.8) is 0 Å². The predicted molar refractivity (Wildman–Crippen MR) is 47.7 cm³/mol. The Bertz CT molecular complexity index is 358. The van der Waals surface area contributed by atoms with Crippen molar-refractivity contribution in [3.05, 3.63) is 46.3 Å². The Hall–Kier alpha value is -1.62. The molecule has 0 aromatic heterocycles. The molecule has 74 valence electrons. The van der Waals surface area contributed by atoms with Crippen molar-refractivity contribution in [1.29, 1.82) is 0 Å². The van der Waals surface area contributed by atoms with Crippen LogP contribution < -0.4 is 0 Å². The second kappa shape index (κ2) is 2.95. The van der Waals surface area contributed by atoms with Gasteiger partial charge >= 0.3 is 5.72 Å². The fraction of sp³-hybridized carbons (Fsp3) is 0.333. The number of hydrogen-bond donors (Lipinski definition) is 0. The van der Waals surface area contributed by atoms with E-state index in [1.165, 1.54) is 0 Å². The predicted octanol–water partition coefficient (Wildman–Crippen LogP) is 1.36. The van der Waals surface area contributed by atoms with Crippen molar-refractivity contribution in [2.45, 2.75) is 12.1 Å². The summed E-state index contributed by atoms with van der Waals surface area (Å²) in [5.74, 6) is 0.271. The van der Waals surface area contributed by atoms with E-state index in [1.807, 2.05) is 0 Å². The van der Waals surface area contributed by atoms with Crippen LogP contribution in [0.1, 0.15) is 6.42 Å². The van der Waals surface area contributed by atoms with Crippen molar-refractivity contribution in [2.75, 3.05) is 6.79 Å². The highest BCUT2D eigenvalue weighted by atomic mass is 16.8. The minimum atomic E-state index is -1.52. The van der Waals surface area contributed by atoms with Gasteiger partial charge in [0.1, 0.15) is 0 Å². The molecule has 0 spiro atoms. The second-order valence-corrected chi connectivity index (χ2v) is 3.10. The highest BCUT2D eigenvalue weighted by Gasteiger charge is 2.55. The van der Waals surface area contributed by atoms with E-state index in [9.17, 15) is 10.1 Å². The van der Waals surface area contributed by atoms with Crippen LogP contribution in [0.4, 0.5) is 0 Å². The van der Waals surface area contributed by atoms with Crippen LogP contribution in [0.5, 0.6) is 0 Å². The normalized spacial score (nSPS) is 29.7. The van der Waals surface area contributed by atoms with Gasteiger partial charge in [-0.2, -0.15) is 0 Å². The molecule has 14 heavy (non-hydrogen) atoms. The standard InChI is InChI=1S/C9H9NO4/c1-2-7-3-4-8-9(5-7,10(11)12)14-6-13-8/h2-4H,1,5-6H2. The van der Waals surface area contributed by atoms with E-state index in [-0.39, 0.29) is 19.0 Å². The Kier molecular flexibility index (Phi) is 1.89. The van der Waals surface area contributed by atoms with E-state index in [4.69, 9.17) is 9.47 Å². The molecule has 0 saturated carbocycles. The van der Waals surface area contributed by atoms with Crippen molar-refractivity contribution in [3.8, 4) is 0 Å². The van der Waals surface area contributed by atoms with E-state index >= 15 is 0 Å². The van der Waals surface area contributed by atoms with Crippen molar-refractivity contribution < 1.29 is 14.4 Å². The molecule has 0 bridgehead atoms. The summed E-state index contributed by atoms with van der Waals surface area (Å²) in [6, 6.07) is 0. The number of rotatable bonds is 2. The second-order valence-electron chi connectivity index (χ2n) is 3.10. The summed E-state index contributed by atoms with van der Waals surface area (Å²) in [5, 5.41) is 10.9. The molecule has 0 radical (unpaired) electrons. The molecule has 1 aliphatic carbocycles. The maximum Gasteiger partial charge on any atom is 0.389 e. The molecule has 0 N–H and O–H groups in total. The van der Waals surface area contributed by atoms with Gasteiger partial charge in [-0.1, -0.05) is 18.7 Å². The first-order chi connectivity index (χ1) is 6.69. The number of hydrogen-bond acceptors (Lipinski definition) is 4. The molecule has 2 rings (SSSR count). The van der Waals surface area contributed by atoms with Crippen LogP contribution in [0.2, 0.25) is 0 Å². The molecule has 0 aromatic rings. The maximum atomic E-state index is 10.9. The first-order valence-electron chi connectivity index (χ1n) is 4.14. The molecule has 0 aromatic carbocycles. The topological polar surface area (TPSA) is 61.6 Å². The highest BCUT2D eigenvalue weighted by molar-refractivity contribution is 5.33. The Labute approximate surface area is 80.5 Å². The van der Waals surface area contributed by atoms with Crippen molar-refractivity contribution in [2.24, 2.45) is 0 Å². The van der Waals surface area contributed by atoms with E-state index in [0.717, 1.165) is 5.57 Å². The number of ether oxygens (including phenoxy) is 2. The molecule has 5 heteroatoms. The van der Waals surface area contributed by atoms with Gasteiger partial charge in [-0.15, -0.1) is 0 Å². The lowest BCUT2D eigenvalue weighted by Gasteiger charge is -2.20. The minimum Gasteiger partial charge on any atom is -0.461 e. The zero-order valence-corrected chi connectivity index (χ0v) is 7.43. The Morgan fingerprint density at radius 2 is 2.43 bits per heavy atom. The van der Waals surface area contributed by atoms with E-state index in [0.29, 0.717) is 0 Å². The fourth-order valence-electron chi connectivity index (χ4n) is 1.56. The summed E-state index contributed by atoms with van der Waals surface area (Å²) in [7, 11) is 0. The van der Waals surface area contributed by atoms with Crippen LogP contribution in [0.15, 0.2) is 36.1 Å². The molecule has 1 atom stereocenters. The molecule has 0 amide bonds. The van der Waals surface area contributed by atoms with Gasteiger partial charge in [0.25, 0.3) is 0 Å². The monoisotopic (exact) mass is 195 g/mol. The van der Waals surface area contributed by atoms with Gasteiger partial charge in [-0.05, 0) is 11.6 Å². The highest BCUT2D eigenvalue weighted by Crippen LogP contribution is 2.38. The first-order valence-corrected chi connectivity index (χ1v) is 4.14. The van der Waals surface area contributed by atoms with Gasteiger partial charge in [0.2, 0.25) is 5.76 Å². The zero-order valence-electron chi connectivity index (χ0n) is 7.43. The third kappa shape index (κ3) is 1.06. The van der Waals surface area contributed by atoms with Crippen LogP contribution in [0.25, 0.3) is 0 Å². The van der Waals surface area contributed by atoms with Crippen LogP contribution in [0.3, 0.4) is 0 Å². The molecule has 1 unspecified atom stereocenters. The number of nitro groups is 1. The lowest BCUT2D eigenvalue weighted by molar-refractivity contribution is -0.610. The summed E-state index contributed by atoms with van der Waals surface area (Å²) in [6.45, 7) is 3.51. The van der Waals surface area contributed by atoms with E-state index in [1.54, 1.807) is 18.2 Å². The number of fused-ring (bicyclic) bond motifs is 1. The SMILES string of the molecule is C=CC1=CC=C2OCOC2([N+](=O)[O-])C1. The van der Waals surface area contributed by atoms with E-state index in [2.05, 4.69) is 6.58 Å². The van der Waals surface area contributed by atoms with Crippen LogP contribution in [-0.4, -0.2) is 17.4 Å². The maximum absolute atomic E-state index is 10.9. The average Bonchev–Trinajstić information content (AvgIpc) is 2.61. The molecule has 1 saturated heterocycles. The minimum absolute atomic E-state index is 0.0644. The van der Waals surface area contributed by atoms with Gasteiger partial charge in [0.15, 0.2) is 6.79 Å². The van der Waals surface area contributed by atoms with Crippen LogP contribution in [0, 0.1) is 10.1 Å². The molecular formula is C9H9NO4. The molecular weight excluding hydrogens is 186 g/mol. The van der Waals surface area contributed by atoms with Gasteiger partial charge in [0.05, 0.1) is 11.3 Å². The van der Waals surface area contributed by atoms with Crippen LogP contribution >= 0.6 is 0 Å². The number of nitrogens with zero attached hydrogens (tertiary/aromatic N) is 1. The summed E-state index contributed by atoms with van der Waals surface area (Å²) < 4.78 is 10.1. The Balaban J connectivity index is 2.41. The molecule has 1 heterocycles. The molecule has 5 nitrogen and oxygen atoms in total. The van der Waals surface area contributed by atoms with Gasteiger partial charge in [-0.3, -0.25) is 14.9 Å². The van der Waals surface area contributed by atoms with E-state index < -0.39 is 10.6 Å². The van der Waals surface area contributed by atoms with Gasteiger partial charge in [-0.25, -0.2) is 0 Å². The third-order valence-electron chi connectivity index (χ3n) is 2.35. The van der Waals surface area contributed by atoms with Crippen LogP contribution in [-0.2, 0) is 9.47 Å². The Morgan fingerprint density at radius 3 is 3.07 bits per heavy atom.